The molecule has 0 spiro atoms. The first kappa shape index (κ1) is 14.0. The minimum Gasteiger partial charge on any atom is -0.376 e. The van der Waals surface area contributed by atoms with E-state index in [1.165, 1.54) is 0 Å². The maximum absolute atomic E-state index is 11.7. The molecule has 0 heterocycles. The van der Waals surface area contributed by atoms with Gasteiger partial charge in [-0.2, -0.15) is 0 Å². The van der Waals surface area contributed by atoms with Gasteiger partial charge >= 0.3 is 0 Å². The largest absolute Gasteiger partial charge is 0.376 e. The van der Waals surface area contributed by atoms with Crippen LogP contribution in [0, 0.1) is 11.8 Å². The second-order valence-electron chi connectivity index (χ2n) is 4.29. The number of carbonyl (C=O) groups excluding carboxylic acids is 1. The molecular formula is C18H16O2. The summed E-state index contributed by atoms with van der Waals surface area (Å²) >= 11 is 0. The average Bonchev–Trinajstić information content (AvgIpc) is 2.52. The summed E-state index contributed by atoms with van der Waals surface area (Å²) in [5.74, 6) is 5.33. The Hall–Kier alpha value is -2.37. The van der Waals surface area contributed by atoms with Gasteiger partial charge in [0, 0.05) is 12.0 Å². The summed E-state index contributed by atoms with van der Waals surface area (Å²) in [5.41, 5.74) is 1.77. The molecule has 0 saturated carbocycles. The van der Waals surface area contributed by atoms with Crippen molar-refractivity contribution in [3.8, 4) is 11.8 Å². The maximum atomic E-state index is 11.7. The van der Waals surface area contributed by atoms with Gasteiger partial charge in [-0.3, -0.25) is 4.79 Å². The number of hydrogen-bond donors (Lipinski definition) is 0. The summed E-state index contributed by atoms with van der Waals surface area (Å²) < 4.78 is 5.49. The highest BCUT2D eigenvalue weighted by atomic mass is 16.5. The van der Waals surface area contributed by atoms with Gasteiger partial charge in [0.2, 0.25) is 5.78 Å². The van der Waals surface area contributed by atoms with Crippen LogP contribution in [0.25, 0.3) is 0 Å². The van der Waals surface area contributed by atoms with E-state index < -0.39 is 0 Å². The molecule has 0 N–H and O–H groups in total. The fourth-order valence-electron chi connectivity index (χ4n) is 1.69. The third kappa shape index (κ3) is 4.72. The molecule has 0 unspecified atom stereocenters. The Morgan fingerprint density at radius 3 is 2.30 bits per heavy atom. The molecule has 2 aromatic carbocycles. The number of carbonyl (C=O) groups is 1. The fraction of sp³-hybridized carbons (Fsp3) is 0.167. The highest BCUT2D eigenvalue weighted by Gasteiger charge is 1.98. The van der Waals surface area contributed by atoms with Gasteiger partial charge in [-0.1, -0.05) is 66.6 Å². The lowest BCUT2D eigenvalue weighted by Gasteiger charge is -2.01. The Kier molecular flexibility index (Phi) is 5.57. The molecule has 2 nitrogen and oxygen atoms in total. The topological polar surface area (TPSA) is 26.3 Å². The van der Waals surface area contributed by atoms with Crippen LogP contribution in [-0.4, -0.2) is 12.4 Å². The molecule has 0 atom stereocenters. The summed E-state index contributed by atoms with van der Waals surface area (Å²) in [6.45, 7) is 1.11. The molecule has 100 valence electrons. The van der Waals surface area contributed by atoms with Crippen molar-refractivity contribution in [3.63, 3.8) is 0 Å². The normalized spacial score (nSPS) is 9.60. The molecule has 0 aromatic heterocycles. The molecule has 20 heavy (non-hydrogen) atoms. The van der Waals surface area contributed by atoms with Crippen molar-refractivity contribution in [2.24, 2.45) is 0 Å². The highest BCUT2D eigenvalue weighted by molar-refractivity contribution is 6.08. The third-order valence-electron chi connectivity index (χ3n) is 2.72. The predicted molar refractivity (Wildman–Crippen MR) is 79.3 cm³/mol. The smallest absolute Gasteiger partial charge is 0.235 e. The molecule has 0 aliphatic rings. The Morgan fingerprint density at radius 1 is 0.950 bits per heavy atom. The van der Waals surface area contributed by atoms with Gasteiger partial charge in [0.1, 0.15) is 0 Å². The standard InChI is InChI=1S/C18H16O2/c19-18(17-11-5-2-6-12-17)13-7-8-14-20-15-16-9-3-1-4-10-16/h1-6,9-12H,8,14-15H2. The summed E-state index contributed by atoms with van der Waals surface area (Å²) in [6, 6.07) is 19.1. The summed E-state index contributed by atoms with van der Waals surface area (Å²) in [5, 5.41) is 0. The summed E-state index contributed by atoms with van der Waals surface area (Å²) in [4.78, 5) is 11.7. The van der Waals surface area contributed by atoms with Crippen molar-refractivity contribution >= 4 is 5.78 Å². The first-order valence-electron chi connectivity index (χ1n) is 6.56. The van der Waals surface area contributed by atoms with Crippen LogP contribution in [0.15, 0.2) is 60.7 Å². The van der Waals surface area contributed by atoms with Gasteiger partial charge in [0.15, 0.2) is 0 Å². The molecule has 0 saturated heterocycles. The van der Waals surface area contributed by atoms with E-state index >= 15 is 0 Å². The van der Waals surface area contributed by atoms with Crippen LogP contribution in [0.5, 0.6) is 0 Å². The molecular weight excluding hydrogens is 248 g/mol. The Balaban J connectivity index is 1.69. The lowest BCUT2D eigenvalue weighted by atomic mass is 10.1. The van der Waals surface area contributed by atoms with Crippen molar-refractivity contribution < 1.29 is 9.53 Å². The summed E-state index contributed by atoms with van der Waals surface area (Å²) in [7, 11) is 0. The fourth-order valence-corrected chi connectivity index (χ4v) is 1.69. The van der Waals surface area contributed by atoms with E-state index in [1.54, 1.807) is 12.1 Å². The van der Waals surface area contributed by atoms with Gasteiger partial charge < -0.3 is 4.74 Å². The molecule has 2 heteroatoms. The molecule has 0 aliphatic heterocycles. The summed E-state index contributed by atoms with van der Waals surface area (Å²) in [6.07, 6.45) is 0.561. The van der Waals surface area contributed by atoms with E-state index in [-0.39, 0.29) is 5.78 Å². The minimum absolute atomic E-state index is 0.145. The number of hydrogen-bond acceptors (Lipinski definition) is 2. The highest BCUT2D eigenvalue weighted by Crippen LogP contribution is 2.01. The first-order chi connectivity index (χ1) is 9.86. The Bertz CT molecular complexity index is 592. The van der Waals surface area contributed by atoms with E-state index in [1.807, 2.05) is 48.5 Å². The quantitative estimate of drug-likeness (QED) is 0.358. The van der Waals surface area contributed by atoms with Crippen LogP contribution in [0.2, 0.25) is 0 Å². The van der Waals surface area contributed by atoms with E-state index in [0.717, 1.165) is 5.56 Å². The van der Waals surface area contributed by atoms with Crippen molar-refractivity contribution in [1.82, 2.24) is 0 Å². The van der Waals surface area contributed by atoms with Crippen LogP contribution < -0.4 is 0 Å². The van der Waals surface area contributed by atoms with Crippen LogP contribution in [0.1, 0.15) is 22.3 Å². The van der Waals surface area contributed by atoms with Gasteiger partial charge in [0.25, 0.3) is 0 Å². The maximum Gasteiger partial charge on any atom is 0.235 e. The zero-order valence-corrected chi connectivity index (χ0v) is 11.2. The first-order valence-corrected chi connectivity index (χ1v) is 6.56. The number of Topliss-reactive ketones (excluding diaryl/α,β-unsaturated/α-hetero) is 1. The lowest BCUT2D eigenvalue weighted by Crippen LogP contribution is -1.96. The molecule has 0 radical (unpaired) electrons. The molecule has 2 rings (SSSR count). The second kappa shape index (κ2) is 7.93. The molecule has 0 aliphatic carbocycles. The average molecular weight is 264 g/mol. The molecule has 2 aromatic rings. The van der Waals surface area contributed by atoms with E-state index in [0.29, 0.717) is 25.2 Å². The second-order valence-corrected chi connectivity index (χ2v) is 4.29. The van der Waals surface area contributed by atoms with Crippen LogP contribution in [0.3, 0.4) is 0 Å². The van der Waals surface area contributed by atoms with Gasteiger partial charge in [-0.05, 0) is 11.5 Å². The number of benzene rings is 2. The van der Waals surface area contributed by atoms with Gasteiger partial charge in [-0.25, -0.2) is 0 Å². The van der Waals surface area contributed by atoms with E-state index in [2.05, 4.69) is 11.8 Å². The predicted octanol–water partition coefficient (Wildman–Crippen LogP) is 3.48. The molecule has 0 amide bonds. The lowest BCUT2D eigenvalue weighted by molar-refractivity contribution is 0.105. The molecule has 0 fully saturated rings. The van der Waals surface area contributed by atoms with E-state index in [4.69, 9.17) is 4.74 Å². The minimum atomic E-state index is -0.145. The number of ether oxygens (including phenoxy) is 1. The monoisotopic (exact) mass is 264 g/mol. The third-order valence-corrected chi connectivity index (χ3v) is 2.72. The van der Waals surface area contributed by atoms with E-state index in [9.17, 15) is 4.79 Å². The zero-order chi connectivity index (χ0) is 14.0. The van der Waals surface area contributed by atoms with Gasteiger partial charge in [0.05, 0.1) is 13.2 Å². The van der Waals surface area contributed by atoms with Crippen molar-refractivity contribution in [1.29, 1.82) is 0 Å². The van der Waals surface area contributed by atoms with Crippen LogP contribution in [0.4, 0.5) is 0 Å². The molecule has 0 bridgehead atoms. The zero-order valence-electron chi connectivity index (χ0n) is 11.2. The SMILES string of the molecule is O=C(C#CCCOCc1ccccc1)c1ccccc1. The Labute approximate surface area is 119 Å². The van der Waals surface area contributed by atoms with Crippen molar-refractivity contribution in [2.75, 3.05) is 6.61 Å². The number of rotatable bonds is 5. The number of ketones is 1. The van der Waals surface area contributed by atoms with Gasteiger partial charge in [-0.15, -0.1) is 0 Å². The van der Waals surface area contributed by atoms with Crippen molar-refractivity contribution in [2.45, 2.75) is 13.0 Å². The van der Waals surface area contributed by atoms with Crippen molar-refractivity contribution in [3.05, 3.63) is 71.8 Å². The van der Waals surface area contributed by atoms with Crippen LogP contribution >= 0.6 is 0 Å². The van der Waals surface area contributed by atoms with Crippen LogP contribution in [-0.2, 0) is 11.3 Å². The Morgan fingerprint density at radius 2 is 1.60 bits per heavy atom.